The van der Waals surface area contributed by atoms with E-state index in [0.29, 0.717) is 0 Å². The van der Waals surface area contributed by atoms with Gasteiger partial charge in [-0.3, -0.25) is 10.1 Å². The topological polar surface area (TPSA) is 66.9 Å². The first-order chi connectivity index (χ1) is 6.57. The Morgan fingerprint density at radius 1 is 1.40 bits per heavy atom. The largest absolute Gasteiger partial charge is 0.307 e. The number of nitro groups is 1. The summed E-state index contributed by atoms with van der Waals surface area (Å²) in [6, 6.07) is 3.49. The van der Waals surface area contributed by atoms with Gasteiger partial charge in [-0.1, -0.05) is 0 Å². The van der Waals surface area contributed by atoms with Crippen molar-refractivity contribution in [1.82, 2.24) is 0 Å². The van der Waals surface area contributed by atoms with E-state index in [4.69, 9.17) is 5.26 Å². The molecule has 0 aliphatic rings. The van der Waals surface area contributed by atoms with E-state index in [9.17, 15) is 18.9 Å². The van der Waals surface area contributed by atoms with E-state index < -0.39 is 22.2 Å². The molecule has 0 amide bonds. The average Bonchev–Trinajstić information content (AvgIpc) is 2.13. The van der Waals surface area contributed by atoms with E-state index in [2.05, 4.69) is 0 Å². The van der Waals surface area contributed by atoms with Crippen molar-refractivity contribution in [3.63, 3.8) is 0 Å². The molecule has 0 fully saturated rings. The quantitative estimate of drug-likeness (QED) is 0.583. The highest BCUT2D eigenvalue weighted by molar-refractivity contribution is 5.85. The monoisotopic (exact) mass is 234 g/mol. The molecule has 0 aliphatic carbocycles. The van der Waals surface area contributed by atoms with Crippen LogP contribution in [0.2, 0.25) is 0 Å². The van der Waals surface area contributed by atoms with Gasteiger partial charge in [0.25, 0.3) is 0 Å². The normalized spacial score (nSPS) is 8.87. The summed E-state index contributed by atoms with van der Waals surface area (Å²) in [7, 11) is 0. The van der Waals surface area contributed by atoms with Crippen LogP contribution in [-0.2, 0) is 6.42 Å². The number of nitriles is 1. The van der Waals surface area contributed by atoms with Crippen molar-refractivity contribution in [2.24, 2.45) is 0 Å². The minimum atomic E-state index is -1.53. The molecule has 1 aromatic rings. The first-order valence-electron chi connectivity index (χ1n) is 3.56. The molecule has 4 nitrogen and oxygen atoms in total. The van der Waals surface area contributed by atoms with Gasteiger partial charge in [0.1, 0.15) is 0 Å². The van der Waals surface area contributed by atoms with Gasteiger partial charge in [-0.25, -0.2) is 4.39 Å². The smallest absolute Gasteiger partial charge is 0.258 e. The predicted molar refractivity (Wildman–Crippen MR) is 49.6 cm³/mol. The lowest BCUT2D eigenvalue weighted by Crippen LogP contribution is -1.99. The van der Waals surface area contributed by atoms with Gasteiger partial charge in [0.15, 0.2) is 5.82 Å². The molecule has 1 rings (SSSR count). The molecular formula is C8H5ClF2N2O2. The maximum atomic E-state index is 13.0. The molecule has 80 valence electrons. The van der Waals surface area contributed by atoms with Gasteiger partial charge in [-0.05, 0) is 6.07 Å². The van der Waals surface area contributed by atoms with Crippen molar-refractivity contribution < 1.29 is 13.7 Å². The number of hydrogen-bond acceptors (Lipinski definition) is 3. The van der Waals surface area contributed by atoms with Gasteiger partial charge in [0, 0.05) is 11.6 Å². The summed E-state index contributed by atoms with van der Waals surface area (Å²) >= 11 is 0. The van der Waals surface area contributed by atoms with Gasteiger partial charge >= 0.3 is 5.69 Å². The Hall–Kier alpha value is -1.74. The lowest BCUT2D eigenvalue weighted by molar-refractivity contribution is -0.387. The summed E-state index contributed by atoms with van der Waals surface area (Å²) in [4.78, 5) is 9.16. The molecule has 0 saturated heterocycles. The van der Waals surface area contributed by atoms with Crippen molar-refractivity contribution in [2.75, 3.05) is 0 Å². The summed E-state index contributed by atoms with van der Waals surface area (Å²) in [5, 5.41) is 18.4. The maximum Gasteiger partial charge on any atom is 0.307 e. The lowest BCUT2D eigenvalue weighted by atomic mass is 10.1. The van der Waals surface area contributed by atoms with Crippen LogP contribution in [-0.4, -0.2) is 4.92 Å². The zero-order valence-corrected chi connectivity index (χ0v) is 8.05. The predicted octanol–water partition coefficient (Wildman–Crippen LogP) is 2.36. The molecule has 0 radical (unpaired) electrons. The number of benzene rings is 1. The third kappa shape index (κ3) is 2.60. The van der Waals surface area contributed by atoms with Crippen molar-refractivity contribution in [1.29, 1.82) is 5.26 Å². The van der Waals surface area contributed by atoms with E-state index in [0.717, 1.165) is 12.1 Å². The fraction of sp³-hybridized carbons (Fsp3) is 0.125. The SMILES string of the molecule is Cl.N#CCc1ccc([N+](=O)[O-])c(F)c1F. The molecule has 0 heterocycles. The van der Waals surface area contributed by atoms with E-state index in [1.54, 1.807) is 6.07 Å². The van der Waals surface area contributed by atoms with Crippen molar-refractivity contribution in [3.8, 4) is 6.07 Å². The lowest BCUT2D eigenvalue weighted by Gasteiger charge is -1.99. The minimum absolute atomic E-state index is 0. The molecule has 0 N–H and O–H groups in total. The van der Waals surface area contributed by atoms with Crippen molar-refractivity contribution in [3.05, 3.63) is 39.4 Å². The number of hydrogen-bond donors (Lipinski definition) is 0. The van der Waals surface area contributed by atoms with E-state index in [-0.39, 0.29) is 24.4 Å². The number of rotatable bonds is 2. The molecule has 7 heteroatoms. The van der Waals surface area contributed by atoms with Crippen LogP contribution in [0.25, 0.3) is 0 Å². The minimum Gasteiger partial charge on any atom is -0.258 e. The Morgan fingerprint density at radius 2 is 2.00 bits per heavy atom. The number of halogens is 3. The summed E-state index contributed by atoms with van der Waals surface area (Å²) in [6.07, 6.45) is -0.319. The third-order valence-corrected chi connectivity index (χ3v) is 1.61. The van der Waals surface area contributed by atoms with E-state index in [1.807, 2.05) is 0 Å². The number of nitrogens with zero attached hydrogens (tertiary/aromatic N) is 2. The van der Waals surface area contributed by atoms with Crippen LogP contribution >= 0.6 is 12.4 Å². The standard InChI is InChI=1S/C8H4F2N2O2.ClH/c9-7-5(3-4-11)1-2-6(8(7)10)12(13)14;/h1-2H,3H2;1H. The second kappa shape index (κ2) is 5.22. The average molecular weight is 235 g/mol. The highest BCUT2D eigenvalue weighted by Gasteiger charge is 2.20. The Bertz CT molecular complexity index is 431. The summed E-state index contributed by atoms with van der Waals surface area (Å²) < 4.78 is 25.9. The molecule has 0 aromatic heterocycles. The molecule has 1 aromatic carbocycles. The van der Waals surface area contributed by atoms with Crippen LogP contribution in [0.4, 0.5) is 14.5 Å². The number of nitro benzene ring substituents is 1. The van der Waals surface area contributed by atoms with E-state index >= 15 is 0 Å². The molecule has 15 heavy (non-hydrogen) atoms. The Labute approximate surface area is 89.7 Å². The molecule has 0 aliphatic heterocycles. The van der Waals surface area contributed by atoms with Gasteiger partial charge in [-0.2, -0.15) is 9.65 Å². The fourth-order valence-corrected chi connectivity index (χ4v) is 0.942. The highest BCUT2D eigenvalue weighted by atomic mass is 35.5. The van der Waals surface area contributed by atoms with Crippen LogP contribution in [0, 0.1) is 33.1 Å². The third-order valence-electron chi connectivity index (χ3n) is 1.61. The maximum absolute atomic E-state index is 13.0. The van der Waals surface area contributed by atoms with Gasteiger partial charge in [-0.15, -0.1) is 12.4 Å². The van der Waals surface area contributed by atoms with Gasteiger partial charge < -0.3 is 0 Å². The zero-order valence-electron chi connectivity index (χ0n) is 7.24. The van der Waals surface area contributed by atoms with Gasteiger partial charge in [0.05, 0.1) is 17.4 Å². The summed E-state index contributed by atoms with van der Waals surface area (Å²) in [6.45, 7) is 0. The molecule has 0 spiro atoms. The van der Waals surface area contributed by atoms with Crippen LogP contribution < -0.4 is 0 Å². The molecule has 0 saturated carbocycles. The second-order valence-electron chi connectivity index (χ2n) is 2.46. The van der Waals surface area contributed by atoms with Crippen molar-refractivity contribution >= 4 is 18.1 Å². The molecule has 0 bridgehead atoms. The first kappa shape index (κ1) is 13.3. The second-order valence-corrected chi connectivity index (χ2v) is 2.46. The van der Waals surface area contributed by atoms with Gasteiger partial charge in [0.2, 0.25) is 5.82 Å². The molecule has 0 unspecified atom stereocenters. The Kier molecular flexibility index (Phi) is 4.61. The van der Waals surface area contributed by atoms with Crippen LogP contribution in [0.3, 0.4) is 0 Å². The summed E-state index contributed by atoms with van der Waals surface area (Å²) in [5.41, 5.74) is -1.11. The summed E-state index contributed by atoms with van der Waals surface area (Å²) in [5.74, 6) is -2.86. The molecular weight excluding hydrogens is 230 g/mol. The zero-order chi connectivity index (χ0) is 10.7. The van der Waals surface area contributed by atoms with Crippen LogP contribution in [0.1, 0.15) is 5.56 Å². The first-order valence-corrected chi connectivity index (χ1v) is 3.56. The Balaban J connectivity index is 0.00000196. The molecule has 0 atom stereocenters. The van der Waals surface area contributed by atoms with E-state index in [1.165, 1.54) is 0 Å². The van der Waals surface area contributed by atoms with Crippen LogP contribution in [0.5, 0.6) is 0 Å². The highest BCUT2D eigenvalue weighted by Crippen LogP contribution is 2.22. The van der Waals surface area contributed by atoms with Crippen molar-refractivity contribution in [2.45, 2.75) is 6.42 Å². The Morgan fingerprint density at radius 3 is 2.47 bits per heavy atom. The van der Waals surface area contributed by atoms with Crippen LogP contribution in [0.15, 0.2) is 12.1 Å². The fourth-order valence-electron chi connectivity index (χ4n) is 0.942.